The van der Waals surface area contributed by atoms with Crippen LogP contribution in [0.3, 0.4) is 0 Å². The van der Waals surface area contributed by atoms with Crippen LogP contribution in [0.25, 0.3) is 50.9 Å². The molecule has 0 spiro atoms. The van der Waals surface area contributed by atoms with Gasteiger partial charge in [0.1, 0.15) is 0 Å². The predicted octanol–water partition coefficient (Wildman–Crippen LogP) is 9.19. The summed E-state index contributed by atoms with van der Waals surface area (Å²) in [5.74, 6) is 0. The summed E-state index contributed by atoms with van der Waals surface area (Å²) in [6.07, 6.45) is 0. The Morgan fingerprint density at radius 3 is 1.41 bits per heavy atom. The van der Waals surface area contributed by atoms with Gasteiger partial charge in [-0.15, -0.1) is 0 Å². The SMILES string of the molecule is Brc1cc2c(s1)c1sc(Br)cc1c1c(-c3ccccc3)[se]c(-c3ccccc3)c21. The standard InChI is InChI=1S/C24H12Br2S2Se/c25-17-11-15-19-20(16-12-18(26)28-22(16)21(15)27-17)24(14-9-5-2-6-10-14)29-23(19)13-7-3-1-4-8-13/h1-12H. The van der Waals surface area contributed by atoms with Crippen molar-refractivity contribution in [2.75, 3.05) is 0 Å². The molecule has 0 unspecified atom stereocenters. The third kappa shape index (κ3) is 2.95. The zero-order valence-corrected chi connectivity index (χ0v) is 21.4. The van der Waals surface area contributed by atoms with Crippen molar-refractivity contribution in [3.8, 4) is 20.0 Å². The van der Waals surface area contributed by atoms with Crippen molar-refractivity contribution in [3.05, 3.63) is 80.4 Å². The number of fused-ring (bicyclic) bond motifs is 6. The Morgan fingerprint density at radius 2 is 1.00 bits per heavy atom. The summed E-state index contributed by atoms with van der Waals surface area (Å²) in [5, 5.41) is 5.63. The third-order valence-corrected chi connectivity index (χ3v) is 11.3. The second-order valence-electron chi connectivity index (χ2n) is 6.83. The first kappa shape index (κ1) is 18.6. The molecule has 140 valence electrons. The van der Waals surface area contributed by atoms with Crippen LogP contribution >= 0.6 is 54.5 Å². The van der Waals surface area contributed by atoms with Crippen molar-refractivity contribution >= 4 is 100.0 Å². The van der Waals surface area contributed by atoms with Crippen molar-refractivity contribution in [1.82, 2.24) is 0 Å². The Morgan fingerprint density at radius 1 is 0.586 bits per heavy atom. The van der Waals surface area contributed by atoms with Crippen LogP contribution in [0.2, 0.25) is 0 Å². The Bertz CT molecular complexity index is 1390. The number of halogens is 2. The van der Waals surface area contributed by atoms with Gasteiger partial charge in [-0.3, -0.25) is 0 Å². The molecule has 0 aliphatic heterocycles. The fourth-order valence-electron chi connectivity index (χ4n) is 3.96. The summed E-state index contributed by atoms with van der Waals surface area (Å²) < 4.78 is 8.15. The zero-order valence-electron chi connectivity index (χ0n) is 14.9. The van der Waals surface area contributed by atoms with E-state index >= 15 is 0 Å². The fraction of sp³-hybridized carbons (Fsp3) is 0. The summed E-state index contributed by atoms with van der Waals surface area (Å²) in [6.45, 7) is 0. The van der Waals surface area contributed by atoms with Gasteiger partial charge in [-0.1, -0.05) is 0 Å². The molecule has 0 atom stereocenters. The normalized spacial score (nSPS) is 11.8. The van der Waals surface area contributed by atoms with Crippen LogP contribution in [0, 0.1) is 0 Å². The number of benzene rings is 3. The predicted molar refractivity (Wildman–Crippen MR) is 138 cm³/mol. The zero-order chi connectivity index (χ0) is 19.5. The van der Waals surface area contributed by atoms with Gasteiger partial charge in [-0.25, -0.2) is 0 Å². The van der Waals surface area contributed by atoms with Crippen LogP contribution in [-0.4, -0.2) is 14.5 Å². The molecule has 3 aromatic heterocycles. The van der Waals surface area contributed by atoms with Gasteiger partial charge in [0, 0.05) is 0 Å². The maximum atomic E-state index is 3.76. The Kier molecular flexibility index (Phi) is 4.60. The van der Waals surface area contributed by atoms with Crippen LogP contribution in [-0.2, 0) is 0 Å². The van der Waals surface area contributed by atoms with E-state index in [1.54, 1.807) is 0 Å². The molecule has 0 radical (unpaired) electrons. The van der Waals surface area contributed by atoms with Gasteiger partial charge in [0.25, 0.3) is 0 Å². The number of hydrogen-bond acceptors (Lipinski definition) is 2. The summed E-state index contributed by atoms with van der Waals surface area (Å²) >= 11 is 11.5. The number of rotatable bonds is 2. The molecule has 0 fully saturated rings. The molecule has 0 aliphatic carbocycles. The molecule has 6 aromatic rings. The van der Waals surface area contributed by atoms with E-state index in [9.17, 15) is 0 Å². The van der Waals surface area contributed by atoms with Gasteiger partial charge >= 0.3 is 200 Å². The second kappa shape index (κ2) is 7.19. The molecule has 0 bridgehead atoms. The van der Waals surface area contributed by atoms with Crippen molar-refractivity contribution < 1.29 is 0 Å². The molecule has 0 amide bonds. The van der Waals surface area contributed by atoms with E-state index in [0.717, 1.165) is 0 Å². The Balaban J connectivity index is 1.89. The van der Waals surface area contributed by atoms with Gasteiger partial charge in [0.15, 0.2) is 0 Å². The molecule has 0 N–H and O–H groups in total. The van der Waals surface area contributed by atoms with E-state index in [2.05, 4.69) is 105 Å². The van der Waals surface area contributed by atoms with Crippen LogP contribution in [0.15, 0.2) is 80.4 Å². The van der Waals surface area contributed by atoms with Crippen molar-refractivity contribution in [2.45, 2.75) is 0 Å². The third-order valence-electron chi connectivity index (χ3n) is 5.13. The molecule has 5 heteroatoms. The van der Waals surface area contributed by atoms with Gasteiger partial charge in [-0.05, 0) is 0 Å². The molecular weight excluding hydrogens is 591 g/mol. The van der Waals surface area contributed by atoms with E-state index in [-0.39, 0.29) is 14.5 Å². The second-order valence-corrected chi connectivity index (χ2v) is 13.8. The molecule has 0 saturated carbocycles. The van der Waals surface area contributed by atoms with Crippen LogP contribution < -0.4 is 0 Å². The van der Waals surface area contributed by atoms with Gasteiger partial charge in [-0.2, -0.15) is 0 Å². The molecule has 3 heterocycles. The number of thiophene rings is 2. The molecule has 29 heavy (non-hydrogen) atoms. The first-order chi connectivity index (χ1) is 14.2. The van der Waals surface area contributed by atoms with Crippen molar-refractivity contribution in [2.24, 2.45) is 0 Å². The first-order valence-electron chi connectivity index (χ1n) is 9.08. The van der Waals surface area contributed by atoms with E-state index in [0.29, 0.717) is 0 Å². The molecule has 3 aromatic carbocycles. The Hall–Kier alpha value is -1.20. The minimum atomic E-state index is 0.245. The average molecular weight is 603 g/mol. The fourth-order valence-corrected chi connectivity index (χ4v) is 10.1. The van der Waals surface area contributed by atoms with Crippen molar-refractivity contribution in [1.29, 1.82) is 0 Å². The van der Waals surface area contributed by atoms with Crippen LogP contribution in [0.5, 0.6) is 0 Å². The van der Waals surface area contributed by atoms with E-state index in [1.165, 1.54) is 58.5 Å². The number of hydrogen-bond donors (Lipinski definition) is 0. The van der Waals surface area contributed by atoms with E-state index < -0.39 is 0 Å². The van der Waals surface area contributed by atoms with Gasteiger partial charge in [0.2, 0.25) is 0 Å². The quantitative estimate of drug-likeness (QED) is 0.173. The molecule has 0 nitrogen and oxygen atoms in total. The molecule has 0 aliphatic rings. The molecule has 6 rings (SSSR count). The summed E-state index contributed by atoms with van der Waals surface area (Å²) in [4.78, 5) is 0. The van der Waals surface area contributed by atoms with Crippen LogP contribution in [0.4, 0.5) is 0 Å². The topological polar surface area (TPSA) is 0 Å². The van der Waals surface area contributed by atoms with Crippen molar-refractivity contribution in [3.63, 3.8) is 0 Å². The summed E-state index contributed by atoms with van der Waals surface area (Å²) in [7, 11) is 0. The van der Waals surface area contributed by atoms with Gasteiger partial charge < -0.3 is 0 Å². The first-order valence-corrected chi connectivity index (χ1v) is 14.0. The van der Waals surface area contributed by atoms with Gasteiger partial charge in [0.05, 0.1) is 0 Å². The summed E-state index contributed by atoms with van der Waals surface area (Å²) in [6, 6.07) is 26.5. The molecule has 0 saturated heterocycles. The minimum absolute atomic E-state index is 0.245. The monoisotopic (exact) mass is 602 g/mol. The van der Waals surface area contributed by atoms with E-state index in [4.69, 9.17) is 0 Å². The molecular formula is C24H12Br2S2Se. The van der Waals surface area contributed by atoms with Crippen LogP contribution in [0.1, 0.15) is 0 Å². The maximum absolute atomic E-state index is 3.76. The summed E-state index contributed by atoms with van der Waals surface area (Å²) in [5.41, 5.74) is 2.69. The van der Waals surface area contributed by atoms with E-state index in [1.807, 2.05) is 22.7 Å². The Labute approximate surface area is 198 Å². The average Bonchev–Trinajstić information content (AvgIpc) is 3.43.